The Hall–Kier alpha value is -7.82. The lowest BCUT2D eigenvalue weighted by Gasteiger charge is -2.26. The molecule has 0 fully saturated rings. The fourth-order valence-electron chi connectivity index (χ4n) is 6.81. The monoisotopic (exact) mass is 870 g/mol. The van der Waals surface area contributed by atoms with Gasteiger partial charge in [-0.1, -0.05) is 133 Å². The van der Waals surface area contributed by atoms with Crippen molar-refractivity contribution in [1.82, 2.24) is 32.0 Å². The Morgan fingerprint density at radius 3 is 1.95 bits per heavy atom. The summed E-state index contributed by atoms with van der Waals surface area (Å²) in [7, 11) is 0. The number of nitro groups is 1. The van der Waals surface area contributed by atoms with Crippen LogP contribution in [-0.4, -0.2) is 71.4 Å². The van der Waals surface area contributed by atoms with Gasteiger partial charge in [0.15, 0.2) is 5.03 Å². The smallest absolute Gasteiger partial charge is 0.408 e. The maximum absolute atomic E-state index is 14.5. The molecule has 0 saturated heterocycles. The number of hydrogen-bond donors (Lipinski definition) is 7. The predicted octanol–water partition coefficient (Wildman–Crippen LogP) is 5.44. The van der Waals surface area contributed by atoms with Gasteiger partial charge in [0.05, 0.1) is 12.1 Å². The molecule has 5 rings (SSSR count). The molecule has 0 aromatic heterocycles. The van der Waals surface area contributed by atoms with Crippen molar-refractivity contribution in [3.63, 3.8) is 0 Å². The summed E-state index contributed by atoms with van der Waals surface area (Å²) in [5.74, 6) is -1.62. The highest BCUT2D eigenvalue weighted by molar-refractivity contribution is 5.94. The van der Waals surface area contributed by atoms with Gasteiger partial charge in [-0.25, -0.2) is 25.1 Å². The first kappa shape index (κ1) is 47.2. The van der Waals surface area contributed by atoms with Crippen molar-refractivity contribution in [2.24, 2.45) is 15.9 Å². The lowest BCUT2D eigenvalue weighted by molar-refractivity contribution is -0.485. The number of fused-ring (bicyclic) bond motifs is 1. The number of nitrogens with two attached hydrogens (primary N) is 1. The largest absolute Gasteiger partial charge is 0.444 e. The summed E-state index contributed by atoms with van der Waals surface area (Å²) in [5.41, 5.74) is 10.5. The number of rotatable bonds is 19. The zero-order valence-corrected chi connectivity index (χ0v) is 35.9. The summed E-state index contributed by atoms with van der Waals surface area (Å²) in [5, 5.41) is 33.1. The van der Waals surface area contributed by atoms with Gasteiger partial charge in [0, 0.05) is 25.6 Å². The average Bonchev–Trinajstić information content (AvgIpc) is 3.26. The van der Waals surface area contributed by atoms with E-state index < -0.39 is 64.7 Å². The molecule has 5 aromatic rings. The molecule has 0 heterocycles. The second kappa shape index (κ2) is 23.4. The molecule has 17 nitrogen and oxygen atoms in total. The van der Waals surface area contributed by atoms with Gasteiger partial charge < -0.3 is 37.1 Å². The fraction of sp³-hybridized carbons (Fsp3) is 0.277. The molecule has 2 unspecified atom stereocenters. The van der Waals surface area contributed by atoms with Crippen molar-refractivity contribution in [3.8, 4) is 0 Å². The van der Waals surface area contributed by atoms with E-state index >= 15 is 0 Å². The normalized spacial score (nSPS) is 13.0. The maximum Gasteiger partial charge on any atom is 0.408 e. The molecule has 0 bridgehead atoms. The molecule has 5 amide bonds. The minimum Gasteiger partial charge on any atom is -0.444 e. The first-order valence-electron chi connectivity index (χ1n) is 20.8. The quantitative estimate of drug-likeness (QED) is 0.0184. The third-order valence-electron chi connectivity index (χ3n) is 9.70. The standard InChI is InChI=1S/C47H54N10O7/c1-47(2,3)64-46(61)53-39(29-32-17-7-4-8-18-32)43(59)52-40(30-36-25-15-24-33-19-13-14-27-38(33)36)42(58)51-37(26-16-28-49-44(48)56-57(62)63)31-50-55-45(60)54-41(34-20-9-5-10-21-34)35-22-11-6-12-23-35/h4-15,17-25,27,31,37,39-41H,16,26,28-30H2,1-3H3,(H,51,58)(H,52,59)(H,53,61)(H3,48,49,56)(H2,54,55,60)/b50-31+/t37-,39?,40?/m0/s1. The van der Waals surface area contributed by atoms with Crippen LogP contribution >= 0.6 is 0 Å². The van der Waals surface area contributed by atoms with Crippen molar-refractivity contribution in [2.75, 3.05) is 6.54 Å². The second-order valence-corrected chi connectivity index (χ2v) is 15.8. The molecular weight excluding hydrogens is 817 g/mol. The predicted molar refractivity (Wildman–Crippen MR) is 246 cm³/mol. The van der Waals surface area contributed by atoms with Crippen LogP contribution in [0.1, 0.15) is 61.9 Å². The lowest BCUT2D eigenvalue weighted by atomic mass is 9.97. The highest BCUT2D eigenvalue weighted by Gasteiger charge is 2.30. The van der Waals surface area contributed by atoms with Gasteiger partial charge in [0.1, 0.15) is 22.8 Å². The number of urea groups is 1. The molecule has 0 spiro atoms. The van der Waals surface area contributed by atoms with E-state index in [1.807, 2.05) is 133 Å². The number of alkyl carbamates (subject to hydrolysis) is 1. The number of carbonyl (C=O) groups excluding carboxylic acids is 4. The average molecular weight is 871 g/mol. The van der Waals surface area contributed by atoms with Gasteiger partial charge in [-0.3, -0.25) is 9.59 Å². The summed E-state index contributed by atoms with van der Waals surface area (Å²) in [6, 6.07) is 37.0. The molecule has 0 aliphatic carbocycles. The Labute approximate surface area is 371 Å². The van der Waals surface area contributed by atoms with E-state index in [1.165, 1.54) is 6.21 Å². The SMILES string of the molecule is CC(C)(C)OC(=O)NC(Cc1ccccc1)C(=O)NC(Cc1cccc2ccccc12)C(=O)N[C@H](/C=N/NC(=O)NC(c1ccccc1)c1ccccc1)CCCN/C(N)=N\[N+](=O)[O-]. The first-order valence-corrected chi connectivity index (χ1v) is 20.8. The molecule has 5 aromatic carbocycles. The van der Waals surface area contributed by atoms with Crippen LogP contribution in [-0.2, 0) is 27.2 Å². The summed E-state index contributed by atoms with van der Waals surface area (Å²) in [6.45, 7) is 5.27. The van der Waals surface area contributed by atoms with E-state index in [9.17, 15) is 29.3 Å². The van der Waals surface area contributed by atoms with Crippen molar-refractivity contribution in [1.29, 1.82) is 0 Å². The number of benzene rings is 5. The van der Waals surface area contributed by atoms with Crippen molar-refractivity contribution in [2.45, 2.75) is 76.2 Å². The second-order valence-electron chi connectivity index (χ2n) is 15.8. The number of amides is 5. The Bertz CT molecular complexity index is 2350. The van der Waals surface area contributed by atoms with E-state index in [0.29, 0.717) is 6.42 Å². The number of nitrogens with zero attached hydrogens (tertiary/aromatic N) is 3. The molecule has 64 heavy (non-hydrogen) atoms. The summed E-state index contributed by atoms with van der Waals surface area (Å²) in [4.78, 5) is 65.9. The molecule has 0 radical (unpaired) electrons. The van der Waals surface area contributed by atoms with Crippen LogP contribution in [0.15, 0.2) is 144 Å². The highest BCUT2D eigenvalue weighted by atomic mass is 16.7. The van der Waals surface area contributed by atoms with E-state index in [-0.39, 0.29) is 25.8 Å². The molecule has 3 atom stereocenters. The van der Waals surface area contributed by atoms with Gasteiger partial charge in [-0.05, 0) is 66.6 Å². The van der Waals surface area contributed by atoms with Crippen LogP contribution in [0.25, 0.3) is 10.8 Å². The Morgan fingerprint density at radius 2 is 1.31 bits per heavy atom. The van der Waals surface area contributed by atoms with E-state index in [0.717, 1.165) is 33.0 Å². The van der Waals surface area contributed by atoms with Crippen LogP contribution in [0.5, 0.6) is 0 Å². The lowest BCUT2D eigenvalue weighted by Crippen LogP contribution is -2.56. The van der Waals surface area contributed by atoms with Crippen LogP contribution < -0.4 is 37.7 Å². The maximum atomic E-state index is 14.5. The Balaban J connectivity index is 1.40. The molecule has 0 aliphatic rings. The third kappa shape index (κ3) is 15.6. The van der Waals surface area contributed by atoms with Crippen LogP contribution in [0, 0.1) is 10.1 Å². The van der Waals surface area contributed by atoms with Crippen molar-refractivity contribution in [3.05, 3.63) is 166 Å². The minimum absolute atomic E-state index is 0.0593. The minimum atomic E-state index is -1.18. The summed E-state index contributed by atoms with van der Waals surface area (Å²) >= 11 is 0. The number of hydrogen-bond acceptors (Lipinski definition) is 8. The van der Waals surface area contributed by atoms with Gasteiger partial charge in [-0.15, -0.1) is 0 Å². The van der Waals surface area contributed by atoms with Gasteiger partial charge >= 0.3 is 12.1 Å². The summed E-state index contributed by atoms with van der Waals surface area (Å²) in [6.07, 6.45) is 1.22. The highest BCUT2D eigenvalue weighted by Crippen LogP contribution is 2.22. The number of hydrazone groups is 2. The van der Waals surface area contributed by atoms with Gasteiger partial charge in [0.2, 0.25) is 11.8 Å². The molecule has 0 aliphatic heterocycles. The summed E-state index contributed by atoms with van der Waals surface area (Å²) < 4.78 is 5.49. The Morgan fingerprint density at radius 1 is 0.734 bits per heavy atom. The number of guanidine groups is 1. The zero-order valence-electron chi connectivity index (χ0n) is 35.9. The molecular formula is C47H54N10O7. The van der Waals surface area contributed by atoms with Gasteiger partial charge in [-0.2, -0.15) is 5.10 Å². The first-order chi connectivity index (χ1) is 30.7. The topological polar surface area (TPSA) is 244 Å². The van der Waals surface area contributed by atoms with Crippen LogP contribution in [0.2, 0.25) is 0 Å². The third-order valence-corrected chi connectivity index (χ3v) is 9.70. The van der Waals surface area contributed by atoms with E-state index in [4.69, 9.17) is 10.5 Å². The van der Waals surface area contributed by atoms with Crippen LogP contribution in [0.4, 0.5) is 9.59 Å². The van der Waals surface area contributed by atoms with Crippen molar-refractivity contribution >= 4 is 46.9 Å². The molecule has 0 saturated carbocycles. The van der Waals surface area contributed by atoms with Gasteiger partial charge in [0.25, 0.3) is 5.96 Å². The number of nitrogens with one attached hydrogen (secondary N) is 6. The Kier molecular flexibility index (Phi) is 17.3. The van der Waals surface area contributed by atoms with E-state index in [2.05, 4.69) is 42.2 Å². The number of ether oxygens (including phenoxy) is 1. The van der Waals surface area contributed by atoms with E-state index in [1.54, 1.807) is 20.8 Å². The zero-order chi connectivity index (χ0) is 45.9. The molecule has 17 heteroatoms. The molecule has 334 valence electrons. The van der Waals surface area contributed by atoms with Crippen molar-refractivity contribution < 1.29 is 28.9 Å². The fourth-order valence-corrected chi connectivity index (χ4v) is 6.81. The van der Waals surface area contributed by atoms with Crippen LogP contribution in [0.3, 0.4) is 0 Å². The number of carbonyl (C=O) groups is 4. The molecule has 8 N–H and O–H groups in total.